The van der Waals surface area contributed by atoms with Gasteiger partial charge in [-0.2, -0.15) is 0 Å². The van der Waals surface area contributed by atoms with E-state index in [9.17, 15) is 4.79 Å². The lowest BCUT2D eigenvalue weighted by molar-refractivity contribution is 0.0937. The molecule has 1 amide bonds. The van der Waals surface area contributed by atoms with Crippen molar-refractivity contribution in [2.24, 2.45) is 0 Å². The summed E-state index contributed by atoms with van der Waals surface area (Å²) in [7, 11) is 0. The number of carbonyl (C=O) groups excluding carboxylic acids is 1. The van der Waals surface area contributed by atoms with E-state index in [0.29, 0.717) is 17.0 Å². The first-order valence-corrected chi connectivity index (χ1v) is 8.36. The molecule has 25 heavy (non-hydrogen) atoms. The third-order valence-corrected chi connectivity index (χ3v) is 4.11. The molecule has 128 valence electrons. The minimum atomic E-state index is -0.168. The van der Waals surface area contributed by atoms with Crippen LogP contribution in [0.4, 0.5) is 0 Å². The number of hydrogen-bond acceptors (Lipinski definition) is 4. The molecule has 5 nitrogen and oxygen atoms in total. The van der Waals surface area contributed by atoms with Crippen molar-refractivity contribution in [3.63, 3.8) is 0 Å². The van der Waals surface area contributed by atoms with Gasteiger partial charge in [0.05, 0.1) is 0 Å². The zero-order valence-corrected chi connectivity index (χ0v) is 14.4. The summed E-state index contributed by atoms with van der Waals surface area (Å²) < 4.78 is 5.24. The van der Waals surface area contributed by atoms with Crippen molar-refractivity contribution in [3.8, 4) is 11.3 Å². The molecule has 2 heterocycles. The monoisotopic (exact) mass is 335 g/mol. The van der Waals surface area contributed by atoms with Gasteiger partial charge in [-0.15, -0.1) is 0 Å². The molecule has 3 aromatic rings. The van der Waals surface area contributed by atoms with E-state index in [2.05, 4.69) is 27.6 Å². The van der Waals surface area contributed by atoms with Crippen LogP contribution in [-0.2, 0) is 6.42 Å². The predicted octanol–water partition coefficient (Wildman–Crippen LogP) is 3.80. The summed E-state index contributed by atoms with van der Waals surface area (Å²) >= 11 is 0. The van der Waals surface area contributed by atoms with E-state index in [0.717, 1.165) is 18.4 Å². The van der Waals surface area contributed by atoms with Crippen LogP contribution in [0.1, 0.15) is 35.0 Å². The fourth-order valence-electron chi connectivity index (χ4n) is 2.74. The van der Waals surface area contributed by atoms with Gasteiger partial charge >= 0.3 is 0 Å². The highest BCUT2D eigenvalue weighted by Crippen LogP contribution is 2.24. The molecule has 1 N–H and O–H groups in total. The molecule has 0 aliphatic carbocycles. The van der Waals surface area contributed by atoms with E-state index in [-0.39, 0.29) is 11.9 Å². The molecule has 1 unspecified atom stereocenters. The van der Waals surface area contributed by atoms with Crippen LogP contribution >= 0.6 is 0 Å². The number of nitrogens with zero attached hydrogens (tertiary/aromatic N) is 2. The molecule has 1 atom stereocenters. The number of nitrogens with one attached hydrogen (secondary N) is 1. The highest BCUT2D eigenvalue weighted by atomic mass is 16.5. The third kappa shape index (κ3) is 4.12. The van der Waals surface area contributed by atoms with Crippen molar-refractivity contribution in [3.05, 3.63) is 71.7 Å². The average molecular weight is 335 g/mol. The van der Waals surface area contributed by atoms with Crippen LogP contribution in [0.25, 0.3) is 11.3 Å². The Labute approximate surface area is 147 Å². The van der Waals surface area contributed by atoms with E-state index in [1.54, 1.807) is 19.3 Å². The van der Waals surface area contributed by atoms with Gasteiger partial charge in [-0.3, -0.25) is 9.78 Å². The Balaban J connectivity index is 1.68. The molecular formula is C20H21N3O2. The largest absolute Gasteiger partial charge is 0.360 e. The van der Waals surface area contributed by atoms with Gasteiger partial charge in [0, 0.05) is 24.0 Å². The molecule has 0 saturated carbocycles. The number of aromatic nitrogens is 2. The minimum absolute atomic E-state index is 0.0451. The van der Waals surface area contributed by atoms with Gasteiger partial charge in [0.2, 0.25) is 0 Å². The van der Waals surface area contributed by atoms with Gasteiger partial charge < -0.3 is 9.84 Å². The smallest absolute Gasteiger partial charge is 0.257 e. The second kappa shape index (κ2) is 7.75. The van der Waals surface area contributed by atoms with E-state index in [1.165, 1.54) is 5.56 Å². The zero-order valence-electron chi connectivity index (χ0n) is 14.4. The lowest BCUT2D eigenvalue weighted by atomic mass is 10.0. The van der Waals surface area contributed by atoms with Crippen LogP contribution in [0.15, 0.2) is 59.4 Å². The third-order valence-electron chi connectivity index (χ3n) is 4.11. The number of benzene rings is 1. The summed E-state index contributed by atoms with van der Waals surface area (Å²) in [6.45, 7) is 3.75. The SMILES string of the molecule is Cc1onc(-c2cccnc2)c1C(=O)NC(C)CCc1ccccc1. The maximum absolute atomic E-state index is 12.7. The second-order valence-electron chi connectivity index (χ2n) is 6.10. The number of amides is 1. The van der Waals surface area contributed by atoms with Gasteiger partial charge in [0.25, 0.3) is 5.91 Å². The number of rotatable bonds is 6. The van der Waals surface area contributed by atoms with E-state index in [4.69, 9.17) is 4.52 Å². The molecule has 0 fully saturated rings. The summed E-state index contributed by atoms with van der Waals surface area (Å²) in [5, 5.41) is 7.08. The van der Waals surface area contributed by atoms with Crippen LogP contribution in [-0.4, -0.2) is 22.1 Å². The lowest BCUT2D eigenvalue weighted by Gasteiger charge is -2.14. The Morgan fingerprint density at radius 2 is 2.00 bits per heavy atom. The Morgan fingerprint density at radius 1 is 1.20 bits per heavy atom. The van der Waals surface area contributed by atoms with E-state index >= 15 is 0 Å². The molecule has 0 saturated heterocycles. The van der Waals surface area contributed by atoms with Gasteiger partial charge in [-0.1, -0.05) is 35.5 Å². The first-order chi connectivity index (χ1) is 12.1. The minimum Gasteiger partial charge on any atom is -0.360 e. The Hall–Kier alpha value is -2.95. The van der Waals surface area contributed by atoms with Crippen molar-refractivity contribution in [1.82, 2.24) is 15.5 Å². The molecule has 3 rings (SSSR count). The van der Waals surface area contributed by atoms with E-state index < -0.39 is 0 Å². The fourth-order valence-corrected chi connectivity index (χ4v) is 2.74. The zero-order chi connectivity index (χ0) is 17.6. The molecule has 0 aliphatic rings. The van der Waals surface area contributed by atoms with Crippen LogP contribution in [0, 0.1) is 6.92 Å². The van der Waals surface area contributed by atoms with Crippen molar-refractivity contribution in [2.75, 3.05) is 0 Å². The summed E-state index contributed by atoms with van der Waals surface area (Å²) in [5.41, 5.74) is 3.03. The van der Waals surface area contributed by atoms with Gasteiger partial charge in [0.15, 0.2) is 0 Å². The molecule has 0 aliphatic heterocycles. The standard InChI is InChI=1S/C20H21N3O2/c1-14(10-11-16-7-4-3-5-8-16)22-20(24)18-15(2)25-23-19(18)17-9-6-12-21-13-17/h3-9,12-14H,10-11H2,1-2H3,(H,22,24). The van der Waals surface area contributed by atoms with E-state index in [1.807, 2.05) is 37.3 Å². The number of aryl methyl sites for hydroxylation is 2. The van der Waals surface area contributed by atoms with Crippen LogP contribution in [0.5, 0.6) is 0 Å². The normalized spacial score (nSPS) is 11.9. The molecule has 0 spiro atoms. The van der Waals surface area contributed by atoms with Gasteiger partial charge in [0.1, 0.15) is 17.0 Å². The van der Waals surface area contributed by atoms with Crippen molar-refractivity contribution in [2.45, 2.75) is 32.7 Å². The van der Waals surface area contributed by atoms with Crippen molar-refractivity contribution < 1.29 is 9.32 Å². The maximum atomic E-state index is 12.7. The first kappa shape index (κ1) is 16.9. The van der Waals surface area contributed by atoms with Crippen LogP contribution in [0.2, 0.25) is 0 Å². The maximum Gasteiger partial charge on any atom is 0.257 e. The summed E-state index contributed by atoms with van der Waals surface area (Å²) in [6, 6.07) is 14.0. The number of carbonyl (C=O) groups is 1. The lowest BCUT2D eigenvalue weighted by Crippen LogP contribution is -2.33. The molecular weight excluding hydrogens is 314 g/mol. The Kier molecular flexibility index (Phi) is 5.23. The Bertz CT molecular complexity index is 829. The average Bonchev–Trinajstić information content (AvgIpc) is 3.03. The topological polar surface area (TPSA) is 68.0 Å². The number of hydrogen-bond donors (Lipinski definition) is 1. The summed E-state index contributed by atoms with van der Waals surface area (Å²) in [6.07, 6.45) is 5.14. The molecule has 5 heteroatoms. The van der Waals surface area contributed by atoms with Gasteiger partial charge in [-0.25, -0.2) is 0 Å². The highest BCUT2D eigenvalue weighted by Gasteiger charge is 2.22. The quantitative estimate of drug-likeness (QED) is 0.744. The first-order valence-electron chi connectivity index (χ1n) is 8.36. The van der Waals surface area contributed by atoms with Crippen molar-refractivity contribution >= 4 is 5.91 Å². The fraction of sp³-hybridized carbons (Fsp3) is 0.250. The summed E-state index contributed by atoms with van der Waals surface area (Å²) in [5.74, 6) is 0.338. The number of pyridine rings is 1. The van der Waals surface area contributed by atoms with Gasteiger partial charge in [-0.05, 0) is 44.4 Å². The summed E-state index contributed by atoms with van der Waals surface area (Å²) in [4.78, 5) is 16.8. The predicted molar refractivity (Wildman–Crippen MR) is 96.2 cm³/mol. The van der Waals surface area contributed by atoms with Crippen LogP contribution < -0.4 is 5.32 Å². The second-order valence-corrected chi connectivity index (χ2v) is 6.10. The molecule has 1 aromatic carbocycles. The Morgan fingerprint density at radius 3 is 2.72 bits per heavy atom. The molecule has 0 bridgehead atoms. The van der Waals surface area contributed by atoms with Crippen molar-refractivity contribution in [1.29, 1.82) is 0 Å². The van der Waals surface area contributed by atoms with Crippen LogP contribution in [0.3, 0.4) is 0 Å². The molecule has 0 radical (unpaired) electrons. The molecule has 2 aromatic heterocycles. The highest BCUT2D eigenvalue weighted by molar-refractivity contribution is 6.00.